The summed E-state index contributed by atoms with van der Waals surface area (Å²) in [6, 6.07) is 5.42. The molecule has 3 rings (SSSR count). The highest BCUT2D eigenvalue weighted by molar-refractivity contribution is 6.42. The second kappa shape index (κ2) is 7.85. The lowest BCUT2D eigenvalue weighted by Crippen LogP contribution is -2.44. The van der Waals surface area contributed by atoms with E-state index in [1.165, 1.54) is 0 Å². The SMILES string of the molecule is CC(C)OC(=O)C1CNC2=C(C(=O)CC=C2)C1Cc1cccc(Cl)c1Cl. The monoisotopic (exact) mass is 393 g/mol. The van der Waals surface area contributed by atoms with Crippen molar-refractivity contribution in [3.63, 3.8) is 0 Å². The summed E-state index contributed by atoms with van der Waals surface area (Å²) < 4.78 is 5.44. The van der Waals surface area contributed by atoms with Crippen molar-refractivity contribution in [2.75, 3.05) is 6.54 Å². The Morgan fingerprint density at radius 3 is 2.85 bits per heavy atom. The van der Waals surface area contributed by atoms with Gasteiger partial charge in [0.05, 0.1) is 22.1 Å². The third-order valence-corrected chi connectivity index (χ3v) is 5.53. The maximum Gasteiger partial charge on any atom is 0.311 e. The number of hydrogen-bond donors (Lipinski definition) is 1. The Hall–Kier alpha value is -1.78. The van der Waals surface area contributed by atoms with Gasteiger partial charge in [-0.25, -0.2) is 0 Å². The molecule has 0 radical (unpaired) electrons. The molecule has 0 fully saturated rings. The number of halogens is 2. The Kier molecular flexibility index (Phi) is 5.73. The quantitative estimate of drug-likeness (QED) is 0.782. The summed E-state index contributed by atoms with van der Waals surface area (Å²) in [7, 11) is 0. The largest absolute Gasteiger partial charge is 0.463 e. The lowest BCUT2D eigenvalue weighted by molar-refractivity contribution is -0.154. The number of carbonyl (C=O) groups excluding carboxylic acids is 2. The van der Waals surface area contributed by atoms with Gasteiger partial charge in [0.2, 0.25) is 0 Å². The molecule has 0 spiro atoms. The fourth-order valence-corrected chi connectivity index (χ4v) is 3.91. The first-order valence-corrected chi connectivity index (χ1v) is 9.45. The van der Waals surface area contributed by atoms with E-state index in [4.69, 9.17) is 27.9 Å². The van der Waals surface area contributed by atoms with E-state index in [9.17, 15) is 9.59 Å². The molecule has 1 N–H and O–H groups in total. The van der Waals surface area contributed by atoms with Crippen LogP contribution in [0.15, 0.2) is 41.6 Å². The van der Waals surface area contributed by atoms with Crippen molar-refractivity contribution in [2.24, 2.45) is 11.8 Å². The van der Waals surface area contributed by atoms with Gasteiger partial charge in [0.1, 0.15) is 0 Å². The van der Waals surface area contributed by atoms with Gasteiger partial charge in [0.25, 0.3) is 0 Å². The fraction of sp³-hybridized carbons (Fsp3) is 0.400. The van der Waals surface area contributed by atoms with E-state index < -0.39 is 5.92 Å². The molecule has 1 aromatic rings. The second-order valence-electron chi connectivity index (χ2n) is 6.85. The molecule has 0 amide bonds. The zero-order valence-corrected chi connectivity index (χ0v) is 16.2. The minimum atomic E-state index is -0.457. The number of rotatable bonds is 4. The highest BCUT2D eigenvalue weighted by atomic mass is 35.5. The van der Waals surface area contributed by atoms with Gasteiger partial charge in [0.15, 0.2) is 5.78 Å². The normalized spacial score (nSPS) is 22.3. The minimum Gasteiger partial charge on any atom is -0.463 e. The van der Waals surface area contributed by atoms with E-state index in [1.54, 1.807) is 6.07 Å². The van der Waals surface area contributed by atoms with Crippen LogP contribution in [-0.2, 0) is 20.7 Å². The summed E-state index contributed by atoms with van der Waals surface area (Å²) in [6.07, 6.45) is 4.33. The van der Waals surface area contributed by atoms with Crippen LogP contribution in [0.2, 0.25) is 10.0 Å². The molecule has 1 aliphatic heterocycles. The van der Waals surface area contributed by atoms with Crippen LogP contribution < -0.4 is 5.32 Å². The summed E-state index contributed by atoms with van der Waals surface area (Å²) in [5, 5.41) is 4.13. The van der Waals surface area contributed by atoms with Gasteiger partial charge in [-0.3, -0.25) is 9.59 Å². The van der Waals surface area contributed by atoms with Crippen LogP contribution in [0.3, 0.4) is 0 Å². The molecule has 6 heteroatoms. The van der Waals surface area contributed by atoms with Gasteiger partial charge in [-0.1, -0.05) is 41.4 Å². The Bertz CT molecular complexity index is 798. The number of carbonyl (C=O) groups is 2. The molecule has 1 aliphatic carbocycles. The van der Waals surface area contributed by atoms with Crippen LogP contribution in [0.25, 0.3) is 0 Å². The van der Waals surface area contributed by atoms with Gasteiger partial charge in [-0.05, 0) is 38.0 Å². The maximum atomic E-state index is 12.7. The zero-order chi connectivity index (χ0) is 18.8. The fourth-order valence-electron chi connectivity index (χ4n) is 3.51. The van der Waals surface area contributed by atoms with E-state index in [0.717, 1.165) is 11.3 Å². The summed E-state index contributed by atoms with van der Waals surface area (Å²) >= 11 is 12.5. The standard InChI is InChI=1S/C20H21Cl2NO3/c1-11(2)26-20(25)14-10-23-16-7-4-8-17(24)18(16)13(14)9-12-5-3-6-15(21)19(12)22/h3-7,11,13-14,23H,8-10H2,1-2H3. The Morgan fingerprint density at radius 1 is 1.35 bits per heavy atom. The topological polar surface area (TPSA) is 55.4 Å². The first kappa shape index (κ1) is 19.0. The first-order valence-electron chi connectivity index (χ1n) is 8.69. The van der Waals surface area contributed by atoms with Crippen LogP contribution in [0, 0.1) is 11.8 Å². The molecule has 1 aromatic carbocycles. The molecule has 1 heterocycles. The van der Waals surface area contributed by atoms with Crippen molar-refractivity contribution < 1.29 is 14.3 Å². The predicted octanol–water partition coefficient (Wildman–Crippen LogP) is 4.11. The second-order valence-corrected chi connectivity index (χ2v) is 7.64. The van der Waals surface area contributed by atoms with E-state index in [1.807, 2.05) is 38.1 Å². The molecule has 4 nitrogen and oxygen atoms in total. The lowest BCUT2D eigenvalue weighted by Gasteiger charge is -2.35. The third kappa shape index (κ3) is 3.81. The minimum absolute atomic E-state index is 0.0280. The maximum absolute atomic E-state index is 12.7. The third-order valence-electron chi connectivity index (χ3n) is 4.67. The molecule has 0 saturated heterocycles. The van der Waals surface area contributed by atoms with Crippen LogP contribution >= 0.6 is 23.2 Å². The van der Waals surface area contributed by atoms with Gasteiger partial charge in [0, 0.05) is 30.2 Å². The van der Waals surface area contributed by atoms with E-state index in [2.05, 4.69) is 5.32 Å². The van der Waals surface area contributed by atoms with Crippen LogP contribution in [0.1, 0.15) is 25.8 Å². The van der Waals surface area contributed by atoms with E-state index in [-0.39, 0.29) is 23.8 Å². The highest BCUT2D eigenvalue weighted by Gasteiger charge is 2.40. The molecule has 2 atom stereocenters. The van der Waals surface area contributed by atoms with Crippen molar-refractivity contribution in [1.82, 2.24) is 5.32 Å². The Morgan fingerprint density at radius 2 is 2.12 bits per heavy atom. The summed E-state index contributed by atoms with van der Waals surface area (Å²) in [5.74, 6) is -1.03. The number of nitrogens with one attached hydrogen (secondary N) is 1. The van der Waals surface area contributed by atoms with Gasteiger partial charge < -0.3 is 10.1 Å². The summed E-state index contributed by atoms with van der Waals surface area (Å²) in [6.45, 7) is 4.05. The first-order chi connectivity index (χ1) is 12.4. The molecule has 2 aliphatic rings. The van der Waals surface area contributed by atoms with Crippen LogP contribution in [0.5, 0.6) is 0 Å². The molecule has 2 unspecified atom stereocenters. The number of ether oxygens (including phenoxy) is 1. The number of hydrogen-bond acceptors (Lipinski definition) is 4. The average molecular weight is 394 g/mol. The predicted molar refractivity (Wildman–Crippen MR) is 102 cm³/mol. The Balaban J connectivity index is 2.00. The number of allylic oxidation sites excluding steroid dienone is 3. The van der Waals surface area contributed by atoms with Crippen LogP contribution in [0.4, 0.5) is 0 Å². The van der Waals surface area contributed by atoms with Gasteiger partial charge >= 0.3 is 5.97 Å². The summed E-state index contributed by atoms with van der Waals surface area (Å²) in [5.41, 5.74) is 2.26. The molecular formula is C20H21Cl2NO3. The number of Topliss-reactive ketones (excluding diaryl/α,β-unsaturated/α-hetero) is 1. The number of ketones is 1. The average Bonchev–Trinajstić information content (AvgIpc) is 2.58. The smallest absolute Gasteiger partial charge is 0.311 e. The van der Waals surface area contributed by atoms with Gasteiger partial charge in [-0.2, -0.15) is 0 Å². The van der Waals surface area contributed by atoms with Crippen molar-refractivity contribution in [2.45, 2.75) is 32.8 Å². The molecule has 26 heavy (non-hydrogen) atoms. The van der Waals surface area contributed by atoms with Crippen molar-refractivity contribution in [3.05, 3.63) is 57.2 Å². The zero-order valence-electron chi connectivity index (χ0n) is 14.7. The molecule has 0 aromatic heterocycles. The van der Waals surface area contributed by atoms with Crippen molar-refractivity contribution in [3.8, 4) is 0 Å². The van der Waals surface area contributed by atoms with E-state index in [0.29, 0.717) is 35.0 Å². The summed E-state index contributed by atoms with van der Waals surface area (Å²) in [4.78, 5) is 25.3. The van der Waals surface area contributed by atoms with Crippen molar-refractivity contribution in [1.29, 1.82) is 0 Å². The van der Waals surface area contributed by atoms with E-state index >= 15 is 0 Å². The Labute approximate surface area is 163 Å². The molecule has 138 valence electrons. The van der Waals surface area contributed by atoms with Gasteiger partial charge in [-0.15, -0.1) is 0 Å². The van der Waals surface area contributed by atoms with Crippen molar-refractivity contribution >= 4 is 35.0 Å². The number of benzene rings is 1. The highest BCUT2D eigenvalue weighted by Crippen LogP contribution is 2.37. The lowest BCUT2D eigenvalue weighted by atomic mass is 9.74. The van der Waals surface area contributed by atoms with Crippen LogP contribution in [-0.4, -0.2) is 24.4 Å². The molecular weight excluding hydrogens is 373 g/mol. The molecule has 0 saturated carbocycles. The molecule has 0 bridgehead atoms. The number of esters is 1.